The molecule has 0 atom stereocenters. The molecule has 6 heteroatoms. The Morgan fingerprint density at radius 1 is 1.33 bits per heavy atom. The number of fused-ring (bicyclic) bond motifs is 1. The normalized spacial score (nSPS) is 11.3. The van der Waals surface area contributed by atoms with Crippen LogP contribution in [0.25, 0.3) is 4.96 Å². The summed E-state index contributed by atoms with van der Waals surface area (Å²) in [7, 11) is 1.72. The molecule has 4 nitrogen and oxygen atoms in total. The van der Waals surface area contributed by atoms with Gasteiger partial charge in [0.25, 0.3) is 0 Å². The van der Waals surface area contributed by atoms with E-state index in [1.807, 2.05) is 6.07 Å². The van der Waals surface area contributed by atoms with Crippen LogP contribution in [-0.2, 0) is 11.3 Å². The second-order valence-electron chi connectivity index (χ2n) is 4.50. The minimum atomic E-state index is 0.715. The van der Waals surface area contributed by atoms with Crippen LogP contribution in [0.3, 0.4) is 0 Å². The zero-order valence-electron chi connectivity index (χ0n) is 11.8. The number of hydrogen-bond donors (Lipinski definition) is 1. The maximum atomic E-state index is 5.07. The standard InChI is InChI=1S/C15H17N3OS2/c1-19-9-7-16-11-13-14(17-15-18(13)8-10-20-15)21-12-5-3-2-4-6-12/h2-6,8,10,16H,7,9,11H2,1H3. The summed E-state index contributed by atoms with van der Waals surface area (Å²) in [5.41, 5.74) is 1.20. The van der Waals surface area contributed by atoms with Gasteiger partial charge in [-0.25, -0.2) is 4.98 Å². The lowest BCUT2D eigenvalue weighted by Gasteiger charge is -2.06. The molecule has 3 rings (SSSR count). The van der Waals surface area contributed by atoms with E-state index < -0.39 is 0 Å². The third kappa shape index (κ3) is 3.47. The predicted molar refractivity (Wildman–Crippen MR) is 87.2 cm³/mol. The quantitative estimate of drug-likeness (QED) is 0.678. The van der Waals surface area contributed by atoms with E-state index in [0.29, 0.717) is 6.61 Å². The van der Waals surface area contributed by atoms with E-state index in [0.717, 1.165) is 23.1 Å². The van der Waals surface area contributed by atoms with Crippen LogP contribution in [0.15, 0.2) is 51.8 Å². The van der Waals surface area contributed by atoms with Crippen LogP contribution in [0.4, 0.5) is 0 Å². The summed E-state index contributed by atoms with van der Waals surface area (Å²) in [6.07, 6.45) is 2.08. The number of methoxy groups -OCH3 is 1. The van der Waals surface area contributed by atoms with Gasteiger partial charge in [0.05, 0.1) is 12.3 Å². The molecular weight excluding hydrogens is 302 g/mol. The van der Waals surface area contributed by atoms with Gasteiger partial charge in [-0.1, -0.05) is 30.0 Å². The average molecular weight is 319 g/mol. The Balaban J connectivity index is 1.81. The lowest BCUT2D eigenvalue weighted by atomic mass is 10.4. The van der Waals surface area contributed by atoms with E-state index in [4.69, 9.17) is 9.72 Å². The molecule has 3 aromatic rings. The molecule has 1 aromatic carbocycles. The number of thiazole rings is 1. The van der Waals surface area contributed by atoms with Crippen molar-refractivity contribution in [3.05, 3.63) is 47.6 Å². The fourth-order valence-electron chi connectivity index (χ4n) is 2.04. The highest BCUT2D eigenvalue weighted by Gasteiger charge is 2.13. The smallest absolute Gasteiger partial charge is 0.194 e. The Labute approximate surface area is 132 Å². The summed E-state index contributed by atoms with van der Waals surface area (Å²) < 4.78 is 7.23. The van der Waals surface area contributed by atoms with Crippen molar-refractivity contribution in [1.82, 2.24) is 14.7 Å². The van der Waals surface area contributed by atoms with Crippen molar-refractivity contribution < 1.29 is 4.74 Å². The van der Waals surface area contributed by atoms with Gasteiger partial charge in [-0.15, -0.1) is 11.3 Å². The van der Waals surface area contributed by atoms with Crippen LogP contribution < -0.4 is 5.32 Å². The van der Waals surface area contributed by atoms with Crippen LogP contribution in [0.5, 0.6) is 0 Å². The summed E-state index contributed by atoms with van der Waals surface area (Å²) in [6.45, 7) is 2.34. The molecular formula is C15H17N3OS2. The van der Waals surface area contributed by atoms with Crippen LogP contribution in [-0.4, -0.2) is 29.6 Å². The molecule has 0 saturated heterocycles. The number of aromatic nitrogens is 2. The minimum absolute atomic E-state index is 0.715. The highest BCUT2D eigenvalue weighted by atomic mass is 32.2. The number of benzene rings is 1. The maximum absolute atomic E-state index is 5.07. The minimum Gasteiger partial charge on any atom is -0.383 e. The molecule has 110 valence electrons. The molecule has 2 heterocycles. The van der Waals surface area contributed by atoms with Gasteiger partial charge in [0.15, 0.2) is 4.96 Å². The number of nitrogens with zero attached hydrogens (tertiary/aromatic N) is 2. The second kappa shape index (κ2) is 7.09. The number of ether oxygens (including phenoxy) is 1. The van der Waals surface area contributed by atoms with Crippen molar-refractivity contribution in [1.29, 1.82) is 0 Å². The molecule has 0 aliphatic carbocycles. The molecule has 0 radical (unpaired) electrons. The third-order valence-corrected chi connectivity index (χ3v) is 4.84. The highest BCUT2D eigenvalue weighted by Crippen LogP contribution is 2.31. The van der Waals surface area contributed by atoms with Gasteiger partial charge in [-0.3, -0.25) is 4.40 Å². The number of hydrogen-bond acceptors (Lipinski definition) is 5. The van der Waals surface area contributed by atoms with Gasteiger partial charge >= 0.3 is 0 Å². The Hall–Kier alpha value is -1.34. The fraction of sp³-hybridized carbons (Fsp3) is 0.267. The summed E-state index contributed by atoms with van der Waals surface area (Å²) in [4.78, 5) is 6.99. The van der Waals surface area contributed by atoms with Gasteiger partial charge in [0.1, 0.15) is 5.03 Å². The van der Waals surface area contributed by atoms with Crippen molar-refractivity contribution in [3.8, 4) is 0 Å². The SMILES string of the molecule is COCCNCc1c(Sc2ccccc2)nc2sccn12. The molecule has 0 spiro atoms. The van der Waals surface area contributed by atoms with Crippen molar-refractivity contribution in [2.75, 3.05) is 20.3 Å². The average Bonchev–Trinajstić information content (AvgIpc) is 3.07. The van der Waals surface area contributed by atoms with Crippen LogP contribution in [0, 0.1) is 0 Å². The van der Waals surface area contributed by atoms with Gasteiger partial charge in [-0.05, 0) is 12.1 Å². The summed E-state index contributed by atoms with van der Waals surface area (Å²) >= 11 is 3.37. The lowest BCUT2D eigenvalue weighted by Crippen LogP contribution is -2.19. The van der Waals surface area contributed by atoms with E-state index in [2.05, 4.69) is 45.6 Å². The monoisotopic (exact) mass is 319 g/mol. The molecule has 0 aliphatic heterocycles. The fourth-order valence-corrected chi connectivity index (χ4v) is 3.76. The van der Waals surface area contributed by atoms with Crippen LogP contribution >= 0.6 is 23.1 Å². The topological polar surface area (TPSA) is 38.6 Å². The number of imidazole rings is 1. The maximum Gasteiger partial charge on any atom is 0.194 e. The van der Waals surface area contributed by atoms with Crippen molar-refractivity contribution in [3.63, 3.8) is 0 Å². The van der Waals surface area contributed by atoms with E-state index in [1.54, 1.807) is 30.2 Å². The van der Waals surface area contributed by atoms with E-state index in [1.165, 1.54) is 10.6 Å². The third-order valence-electron chi connectivity index (χ3n) is 3.06. The zero-order valence-corrected chi connectivity index (χ0v) is 13.4. The molecule has 2 aromatic heterocycles. The lowest BCUT2D eigenvalue weighted by molar-refractivity contribution is 0.199. The first-order valence-electron chi connectivity index (χ1n) is 6.75. The molecule has 0 fully saturated rings. The molecule has 1 N–H and O–H groups in total. The van der Waals surface area contributed by atoms with E-state index in [-0.39, 0.29) is 0 Å². The zero-order chi connectivity index (χ0) is 14.5. The summed E-state index contributed by atoms with van der Waals surface area (Å²) in [5.74, 6) is 0. The summed E-state index contributed by atoms with van der Waals surface area (Å²) in [5, 5.41) is 6.54. The Morgan fingerprint density at radius 2 is 2.19 bits per heavy atom. The van der Waals surface area contributed by atoms with Crippen molar-refractivity contribution in [2.24, 2.45) is 0 Å². The van der Waals surface area contributed by atoms with Gasteiger partial charge < -0.3 is 10.1 Å². The Bertz CT molecular complexity index is 693. The molecule has 21 heavy (non-hydrogen) atoms. The first kappa shape index (κ1) is 14.6. The van der Waals surface area contributed by atoms with E-state index in [9.17, 15) is 0 Å². The van der Waals surface area contributed by atoms with Crippen LogP contribution in [0.2, 0.25) is 0 Å². The first-order valence-corrected chi connectivity index (χ1v) is 8.45. The predicted octanol–water partition coefficient (Wildman–Crippen LogP) is 3.28. The Morgan fingerprint density at radius 3 is 3.00 bits per heavy atom. The molecule has 0 aliphatic rings. The van der Waals surface area contributed by atoms with Crippen molar-refractivity contribution in [2.45, 2.75) is 16.5 Å². The van der Waals surface area contributed by atoms with Gasteiger partial charge in [0, 0.05) is 36.7 Å². The van der Waals surface area contributed by atoms with E-state index >= 15 is 0 Å². The Kier molecular flexibility index (Phi) is 4.92. The molecule has 0 amide bonds. The highest BCUT2D eigenvalue weighted by molar-refractivity contribution is 7.99. The van der Waals surface area contributed by atoms with Gasteiger partial charge in [-0.2, -0.15) is 0 Å². The molecule has 0 bridgehead atoms. The van der Waals surface area contributed by atoms with Crippen LogP contribution in [0.1, 0.15) is 5.69 Å². The second-order valence-corrected chi connectivity index (χ2v) is 6.44. The molecule has 0 unspecified atom stereocenters. The summed E-state index contributed by atoms with van der Waals surface area (Å²) in [6, 6.07) is 10.4. The van der Waals surface area contributed by atoms with Gasteiger partial charge in [0.2, 0.25) is 0 Å². The first-order chi connectivity index (χ1) is 10.4. The number of nitrogens with one attached hydrogen (secondary N) is 1. The largest absolute Gasteiger partial charge is 0.383 e. The number of rotatable bonds is 7. The van der Waals surface area contributed by atoms with Crippen molar-refractivity contribution >= 4 is 28.1 Å². The molecule has 0 saturated carbocycles.